The Morgan fingerprint density at radius 1 is 1.12 bits per heavy atom. The number of Topliss-reactive ketones (excluding diaryl/α,β-unsaturated/α-hetero) is 1. The number of hydrogen-bond acceptors (Lipinski definition) is 7. The number of nitrogens with zero attached hydrogens (tertiary/aromatic N) is 4. The molecule has 3 aromatic rings. The highest BCUT2D eigenvalue weighted by Crippen LogP contribution is 2.48. The molecule has 164 valence electrons. The van der Waals surface area contributed by atoms with E-state index in [9.17, 15) is 10.1 Å². The van der Waals surface area contributed by atoms with E-state index in [1.165, 1.54) is 6.33 Å². The van der Waals surface area contributed by atoms with Gasteiger partial charge in [0.2, 0.25) is 5.95 Å². The fraction of sp³-hybridized carbons (Fsp3) is 0.200. The number of ketones is 1. The van der Waals surface area contributed by atoms with Crippen molar-refractivity contribution in [2.45, 2.75) is 29.6 Å². The van der Waals surface area contributed by atoms with Crippen LogP contribution in [0.3, 0.4) is 0 Å². The molecule has 2 heterocycles. The monoisotopic (exact) mass is 454 g/mol. The first-order chi connectivity index (χ1) is 16.1. The maximum absolute atomic E-state index is 13.7. The number of hydrogen-bond donors (Lipinski definition) is 2. The van der Waals surface area contributed by atoms with Crippen molar-refractivity contribution in [1.29, 1.82) is 5.26 Å². The van der Waals surface area contributed by atoms with Crippen LogP contribution in [0.4, 0.5) is 5.95 Å². The van der Waals surface area contributed by atoms with Crippen LogP contribution in [0.25, 0.3) is 0 Å². The molecule has 8 heteroatoms. The Kier molecular flexibility index (Phi) is 5.48. The number of allylic oxidation sites excluding steroid dienone is 3. The van der Waals surface area contributed by atoms with Crippen LogP contribution in [-0.2, 0) is 4.79 Å². The van der Waals surface area contributed by atoms with E-state index in [-0.39, 0.29) is 17.5 Å². The van der Waals surface area contributed by atoms with Crippen molar-refractivity contribution >= 4 is 23.5 Å². The lowest BCUT2D eigenvalue weighted by molar-refractivity contribution is -0.116. The molecular weight excluding hydrogens is 432 g/mol. The summed E-state index contributed by atoms with van der Waals surface area (Å²) < 4.78 is 0. The van der Waals surface area contributed by atoms with Crippen LogP contribution in [0.15, 0.2) is 88.5 Å². The van der Waals surface area contributed by atoms with Gasteiger partial charge >= 0.3 is 0 Å². The second-order valence-corrected chi connectivity index (χ2v) is 8.94. The first-order valence-electron chi connectivity index (χ1n) is 10.6. The molecule has 1 aromatic heterocycles. The van der Waals surface area contributed by atoms with Crippen LogP contribution in [0.2, 0.25) is 0 Å². The highest BCUT2D eigenvalue weighted by Gasteiger charge is 2.43. The third-order valence-electron chi connectivity index (χ3n) is 6.30. The average Bonchev–Trinajstić information content (AvgIpc) is 3.38. The van der Waals surface area contributed by atoms with Gasteiger partial charge in [0.1, 0.15) is 12.1 Å². The molecule has 0 spiro atoms. The highest BCUT2D eigenvalue weighted by molar-refractivity contribution is 7.98. The molecule has 2 unspecified atom stereocenters. The fourth-order valence-electron chi connectivity index (χ4n) is 4.77. The topological polar surface area (TPSA) is 112 Å². The Morgan fingerprint density at radius 2 is 1.88 bits per heavy atom. The van der Waals surface area contributed by atoms with E-state index >= 15 is 0 Å². The molecule has 1 aliphatic heterocycles. The van der Waals surface area contributed by atoms with Gasteiger partial charge in [-0.1, -0.05) is 42.5 Å². The third kappa shape index (κ3) is 3.60. The predicted octanol–water partition coefficient (Wildman–Crippen LogP) is 4.23. The highest BCUT2D eigenvalue weighted by atomic mass is 32.2. The number of aromatic amines is 1. The zero-order valence-corrected chi connectivity index (χ0v) is 18.8. The number of thioether (sulfide) groups is 1. The average molecular weight is 455 g/mol. The van der Waals surface area contributed by atoms with Crippen molar-refractivity contribution in [3.8, 4) is 6.07 Å². The molecule has 33 heavy (non-hydrogen) atoms. The van der Waals surface area contributed by atoms with Crippen molar-refractivity contribution in [2.75, 3.05) is 11.2 Å². The molecule has 3 N–H and O–H groups in total. The minimum atomic E-state index is -0.510. The van der Waals surface area contributed by atoms with Crippen molar-refractivity contribution in [3.05, 3.63) is 94.7 Å². The SMILES string of the molecule is CSc1ccc(C2C(C#N)=C(N)N(c3ncn[nH]3)C3=C2C(=O)CC(c2ccccc2)C3)cc1. The van der Waals surface area contributed by atoms with Gasteiger partial charge in [-0.15, -0.1) is 11.8 Å². The smallest absolute Gasteiger partial charge is 0.231 e. The first kappa shape index (κ1) is 21.0. The lowest BCUT2D eigenvalue weighted by atomic mass is 9.72. The second kappa shape index (κ2) is 8.60. The summed E-state index contributed by atoms with van der Waals surface area (Å²) in [7, 11) is 0. The number of benzene rings is 2. The normalized spacial score (nSPS) is 20.6. The van der Waals surface area contributed by atoms with Crippen molar-refractivity contribution in [2.24, 2.45) is 5.73 Å². The molecule has 1 aliphatic carbocycles. The van der Waals surface area contributed by atoms with Crippen molar-refractivity contribution in [3.63, 3.8) is 0 Å². The molecule has 0 saturated heterocycles. The van der Waals surface area contributed by atoms with Gasteiger partial charge in [0.15, 0.2) is 5.78 Å². The molecule has 2 aromatic carbocycles. The Labute approximate surface area is 196 Å². The zero-order chi connectivity index (χ0) is 22.9. The number of H-pyrrole nitrogens is 1. The quantitative estimate of drug-likeness (QED) is 0.568. The molecule has 2 aliphatic rings. The predicted molar refractivity (Wildman–Crippen MR) is 127 cm³/mol. The number of nitrogens with one attached hydrogen (secondary N) is 1. The van der Waals surface area contributed by atoms with Crippen LogP contribution in [0, 0.1) is 11.3 Å². The van der Waals surface area contributed by atoms with Gasteiger partial charge in [-0.25, -0.2) is 5.10 Å². The van der Waals surface area contributed by atoms with E-state index < -0.39 is 5.92 Å². The van der Waals surface area contributed by atoms with Crippen molar-refractivity contribution < 1.29 is 4.79 Å². The number of carbonyl (C=O) groups is 1. The van der Waals surface area contributed by atoms with E-state index in [0.717, 1.165) is 21.7 Å². The number of nitriles is 1. The molecule has 0 amide bonds. The standard InChI is InChI=1S/C25H22N6OS/c1-33-18-9-7-16(8-10-18)22-19(13-26)24(27)31(25-28-14-29-30-25)20-11-17(12-21(32)23(20)22)15-5-3-2-4-6-15/h2-10,14,17,22H,11-12,27H2,1H3,(H,28,29,30). The van der Waals surface area contributed by atoms with E-state index in [1.54, 1.807) is 16.7 Å². The molecule has 7 nitrogen and oxygen atoms in total. The van der Waals surface area contributed by atoms with Gasteiger partial charge in [0.25, 0.3) is 0 Å². The number of anilines is 1. The summed E-state index contributed by atoms with van der Waals surface area (Å²) in [6, 6.07) is 20.3. The minimum Gasteiger partial charge on any atom is -0.384 e. The van der Waals surface area contributed by atoms with Gasteiger partial charge in [-0.2, -0.15) is 15.3 Å². The van der Waals surface area contributed by atoms with Crippen LogP contribution >= 0.6 is 11.8 Å². The van der Waals surface area contributed by atoms with Crippen molar-refractivity contribution in [1.82, 2.24) is 15.2 Å². The van der Waals surface area contributed by atoms with Gasteiger partial charge in [-0.3, -0.25) is 9.69 Å². The number of carbonyl (C=O) groups excluding carboxylic acids is 1. The van der Waals surface area contributed by atoms with Gasteiger partial charge in [-0.05, 0) is 41.9 Å². The maximum Gasteiger partial charge on any atom is 0.231 e. The van der Waals surface area contributed by atoms with Crippen LogP contribution < -0.4 is 10.6 Å². The summed E-state index contributed by atoms with van der Waals surface area (Å²) in [4.78, 5) is 20.8. The lowest BCUT2D eigenvalue weighted by Gasteiger charge is -2.40. The maximum atomic E-state index is 13.7. The van der Waals surface area contributed by atoms with E-state index in [4.69, 9.17) is 5.73 Å². The van der Waals surface area contributed by atoms with E-state index in [0.29, 0.717) is 29.9 Å². The fourth-order valence-corrected chi connectivity index (χ4v) is 5.18. The largest absolute Gasteiger partial charge is 0.384 e. The first-order valence-corrected chi connectivity index (χ1v) is 11.8. The second-order valence-electron chi connectivity index (χ2n) is 8.06. The molecule has 0 radical (unpaired) electrons. The van der Waals surface area contributed by atoms with E-state index in [1.807, 2.05) is 60.9 Å². The molecule has 2 atom stereocenters. The third-order valence-corrected chi connectivity index (χ3v) is 7.05. The number of rotatable bonds is 4. The minimum absolute atomic E-state index is 0.0128. The Balaban J connectivity index is 1.69. The molecule has 0 fully saturated rings. The Hall–Kier alpha value is -3.83. The number of nitrogens with two attached hydrogens (primary N) is 1. The van der Waals surface area contributed by atoms with E-state index in [2.05, 4.69) is 21.3 Å². The molecule has 5 rings (SSSR count). The zero-order valence-electron chi connectivity index (χ0n) is 18.0. The summed E-state index contributed by atoms with van der Waals surface area (Å²) in [5.41, 5.74) is 10.3. The Morgan fingerprint density at radius 3 is 2.52 bits per heavy atom. The van der Waals surface area contributed by atoms with Crippen LogP contribution in [0.5, 0.6) is 0 Å². The van der Waals surface area contributed by atoms with Gasteiger partial charge in [0, 0.05) is 22.6 Å². The molecule has 0 saturated carbocycles. The number of aromatic nitrogens is 3. The summed E-state index contributed by atoms with van der Waals surface area (Å²) in [6.45, 7) is 0. The van der Waals surface area contributed by atoms with Gasteiger partial charge in [0.05, 0.1) is 17.6 Å². The Bertz CT molecular complexity index is 1290. The molecular formula is C25H22N6OS. The molecule has 0 bridgehead atoms. The van der Waals surface area contributed by atoms with Crippen LogP contribution in [0.1, 0.15) is 35.8 Å². The lowest BCUT2D eigenvalue weighted by Crippen LogP contribution is -2.40. The summed E-state index contributed by atoms with van der Waals surface area (Å²) >= 11 is 1.64. The van der Waals surface area contributed by atoms with Crippen LogP contribution in [-0.4, -0.2) is 27.2 Å². The summed E-state index contributed by atoms with van der Waals surface area (Å²) in [5.74, 6) is 0.191. The summed E-state index contributed by atoms with van der Waals surface area (Å²) in [6.07, 6.45) is 4.38. The summed E-state index contributed by atoms with van der Waals surface area (Å²) in [5, 5.41) is 16.9. The van der Waals surface area contributed by atoms with Gasteiger partial charge < -0.3 is 5.73 Å².